The molecule has 2 amide bonds. The summed E-state index contributed by atoms with van der Waals surface area (Å²) in [5, 5.41) is 2.80. The number of carbonyl (C=O) groups excluding carboxylic acids is 2. The molecule has 0 bridgehead atoms. The first-order valence-corrected chi connectivity index (χ1v) is 15.4. The van der Waals surface area contributed by atoms with Crippen molar-refractivity contribution in [2.75, 3.05) is 17.9 Å². The summed E-state index contributed by atoms with van der Waals surface area (Å²) in [6.07, 6.45) is 0.224. The Morgan fingerprint density at radius 1 is 0.833 bits per heavy atom. The van der Waals surface area contributed by atoms with Crippen LogP contribution in [0.2, 0.25) is 10.0 Å². The SMILES string of the molecule is CNC(=O)[C@@H](Cc1ccccc1)N(Cc1ccccc1C)C(=O)CN(c1cccc(Cl)c1Cl)S(=O)(=O)c1ccccc1. The Kier molecular flexibility index (Phi) is 10.3. The molecule has 0 aliphatic heterocycles. The quantitative estimate of drug-likeness (QED) is 0.226. The number of halogens is 2. The van der Waals surface area contributed by atoms with E-state index < -0.39 is 28.5 Å². The monoisotopic (exact) mass is 623 g/mol. The Labute approximate surface area is 256 Å². The molecule has 7 nitrogen and oxygen atoms in total. The molecule has 4 rings (SSSR count). The molecule has 0 saturated carbocycles. The molecular formula is C32H31Cl2N3O4S. The largest absolute Gasteiger partial charge is 0.357 e. The zero-order chi connectivity index (χ0) is 30.3. The highest BCUT2D eigenvalue weighted by molar-refractivity contribution is 7.92. The van der Waals surface area contributed by atoms with E-state index in [2.05, 4.69) is 5.32 Å². The number of hydrogen-bond acceptors (Lipinski definition) is 4. The summed E-state index contributed by atoms with van der Waals surface area (Å²) in [6, 6.07) is 28.3. The maximum Gasteiger partial charge on any atom is 0.264 e. The van der Waals surface area contributed by atoms with E-state index in [0.29, 0.717) is 0 Å². The number of hydrogen-bond donors (Lipinski definition) is 1. The number of nitrogens with one attached hydrogen (secondary N) is 1. The van der Waals surface area contributed by atoms with Gasteiger partial charge in [0.15, 0.2) is 0 Å². The lowest BCUT2D eigenvalue weighted by Gasteiger charge is -2.34. The van der Waals surface area contributed by atoms with E-state index >= 15 is 0 Å². The van der Waals surface area contributed by atoms with Crippen LogP contribution in [-0.2, 0) is 32.6 Å². The molecule has 42 heavy (non-hydrogen) atoms. The number of amides is 2. The lowest BCUT2D eigenvalue weighted by atomic mass is 10.0. The molecule has 0 aromatic heterocycles. The van der Waals surface area contributed by atoms with Gasteiger partial charge in [-0.3, -0.25) is 13.9 Å². The van der Waals surface area contributed by atoms with Gasteiger partial charge in [-0.15, -0.1) is 0 Å². The Hall–Kier alpha value is -3.85. The van der Waals surface area contributed by atoms with Gasteiger partial charge in [-0.05, 0) is 47.9 Å². The molecule has 4 aromatic carbocycles. The summed E-state index contributed by atoms with van der Waals surface area (Å²) in [7, 11) is -2.76. The van der Waals surface area contributed by atoms with Gasteiger partial charge in [0.2, 0.25) is 11.8 Å². The summed E-state index contributed by atoms with van der Waals surface area (Å²) < 4.78 is 28.9. The van der Waals surface area contributed by atoms with Gasteiger partial charge in [-0.2, -0.15) is 0 Å². The van der Waals surface area contributed by atoms with Gasteiger partial charge in [0.25, 0.3) is 10.0 Å². The van der Waals surface area contributed by atoms with Crippen LogP contribution >= 0.6 is 23.2 Å². The second-order valence-electron chi connectivity index (χ2n) is 9.67. The molecular weight excluding hydrogens is 593 g/mol. The van der Waals surface area contributed by atoms with Crippen LogP contribution < -0.4 is 9.62 Å². The van der Waals surface area contributed by atoms with Crippen molar-refractivity contribution in [2.24, 2.45) is 0 Å². The number of aryl methyl sites for hydroxylation is 1. The predicted molar refractivity (Wildman–Crippen MR) is 167 cm³/mol. The van der Waals surface area contributed by atoms with Crippen LogP contribution in [0.5, 0.6) is 0 Å². The molecule has 0 saturated heterocycles. The van der Waals surface area contributed by atoms with Gasteiger partial charge in [-0.1, -0.05) is 102 Å². The van der Waals surface area contributed by atoms with Crippen molar-refractivity contribution in [3.8, 4) is 0 Å². The van der Waals surface area contributed by atoms with E-state index in [-0.39, 0.29) is 39.5 Å². The normalized spacial score (nSPS) is 11.9. The predicted octanol–water partition coefficient (Wildman–Crippen LogP) is 5.88. The van der Waals surface area contributed by atoms with Crippen molar-refractivity contribution in [2.45, 2.75) is 30.8 Å². The van der Waals surface area contributed by atoms with Crippen molar-refractivity contribution < 1.29 is 18.0 Å². The van der Waals surface area contributed by atoms with E-state index in [9.17, 15) is 18.0 Å². The van der Waals surface area contributed by atoms with Crippen molar-refractivity contribution in [3.63, 3.8) is 0 Å². The first-order valence-electron chi connectivity index (χ1n) is 13.2. The van der Waals surface area contributed by atoms with E-state index in [1.165, 1.54) is 36.2 Å². The molecule has 218 valence electrons. The molecule has 0 radical (unpaired) electrons. The van der Waals surface area contributed by atoms with Gasteiger partial charge < -0.3 is 10.2 Å². The minimum absolute atomic E-state index is 0.0101. The van der Waals surface area contributed by atoms with E-state index in [4.69, 9.17) is 23.2 Å². The fourth-order valence-electron chi connectivity index (χ4n) is 4.61. The molecule has 0 spiro atoms. The molecule has 0 unspecified atom stereocenters. The van der Waals surface area contributed by atoms with Crippen LogP contribution in [0, 0.1) is 6.92 Å². The molecule has 0 aliphatic carbocycles. The van der Waals surface area contributed by atoms with Gasteiger partial charge in [0, 0.05) is 20.0 Å². The van der Waals surface area contributed by atoms with Crippen LogP contribution in [0.25, 0.3) is 0 Å². The van der Waals surface area contributed by atoms with Crippen molar-refractivity contribution in [1.29, 1.82) is 0 Å². The molecule has 10 heteroatoms. The molecule has 0 fully saturated rings. The minimum Gasteiger partial charge on any atom is -0.357 e. The van der Waals surface area contributed by atoms with E-state index in [1.807, 2.05) is 61.5 Å². The summed E-state index contributed by atoms with van der Waals surface area (Å²) in [5.41, 5.74) is 2.65. The first kappa shape index (κ1) is 31.1. The number of sulfonamides is 1. The molecule has 4 aromatic rings. The van der Waals surface area contributed by atoms with Crippen molar-refractivity contribution in [1.82, 2.24) is 10.2 Å². The number of benzene rings is 4. The third kappa shape index (κ3) is 7.13. The molecule has 0 aliphatic rings. The highest BCUT2D eigenvalue weighted by Crippen LogP contribution is 2.35. The van der Waals surface area contributed by atoms with Crippen molar-refractivity contribution in [3.05, 3.63) is 130 Å². The molecule has 0 heterocycles. The fraction of sp³-hybridized carbons (Fsp3) is 0.188. The summed E-state index contributed by atoms with van der Waals surface area (Å²) in [5.74, 6) is -0.961. The van der Waals surface area contributed by atoms with E-state index in [1.54, 1.807) is 24.3 Å². The number of rotatable bonds is 11. The highest BCUT2D eigenvalue weighted by Gasteiger charge is 2.35. The van der Waals surface area contributed by atoms with Crippen LogP contribution in [0.15, 0.2) is 108 Å². The maximum absolute atomic E-state index is 14.3. The second kappa shape index (κ2) is 13.9. The minimum atomic E-state index is -4.27. The lowest BCUT2D eigenvalue weighted by Crippen LogP contribution is -2.53. The standard InChI is InChI=1S/C32H31Cl2N3O4S/c1-23-12-9-10-15-25(23)21-36(29(32(39)35-2)20-24-13-5-3-6-14-24)30(38)22-37(28-19-11-18-27(33)31(28)34)42(40,41)26-16-7-4-8-17-26/h3-19,29H,20-22H2,1-2H3,(H,35,39)/t29-/m1/s1. The summed E-state index contributed by atoms with van der Waals surface area (Å²) in [6.45, 7) is 1.38. The number of likely N-dealkylation sites (N-methyl/N-ethyl adjacent to an activating group) is 1. The first-order chi connectivity index (χ1) is 20.1. The Bertz CT molecular complexity index is 1650. The maximum atomic E-state index is 14.3. The van der Waals surface area contributed by atoms with Gasteiger partial charge in [0.1, 0.15) is 12.6 Å². The average Bonchev–Trinajstić information content (AvgIpc) is 3.00. The Balaban J connectivity index is 1.82. The van der Waals surface area contributed by atoms with Gasteiger partial charge in [-0.25, -0.2) is 8.42 Å². The third-order valence-electron chi connectivity index (χ3n) is 6.93. The van der Waals surface area contributed by atoms with Gasteiger partial charge in [0.05, 0.1) is 20.6 Å². The third-order valence-corrected chi connectivity index (χ3v) is 9.51. The van der Waals surface area contributed by atoms with Crippen molar-refractivity contribution >= 4 is 50.7 Å². The number of carbonyl (C=O) groups is 2. The smallest absolute Gasteiger partial charge is 0.264 e. The number of anilines is 1. The zero-order valence-corrected chi connectivity index (χ0v) is 25.5. The lowest BCUT2D eigenvalue weighted by molar-refractivity contribution is -0.139. The highest BCUT2D eigenvalue weighted by atomic mass is 35.5. The van der Waals surface area contributed by atoms with E-state index in [0.717, 1.165) is 21.0 Å². The zero-order valence-electron chi connectivity index (χ0n) is 23.2. The summed E-state index contributed by atoms with van der Waals surface area (Å²) >= 11 is 12.8. The van der Waals surface area contributed by atoms with Gasteiger partial charge >= 0.3 is 0 Å². The average molecular weight is 625 g/mol. The van der Waals surface area contributed by atoms with Crippen LogP contribution in [-0.4, -0.2) is 44.8 Å². The fourth-order valence-corrected chi connectivity index (χ4v) is 6.50. The number of nitrogens with zero attached hydrogens (tertiary/aromatic N) is 2. The topological polar surface area (TPSA) is 86.8 Å². The summed E-state index contributed by atoms with van der Waals surface area (Å²) in [4.78, 5) is 29.1. The van der Waals surface area contributed by atoms with Crippen LogP contribution in [0.1, 0.15) is 16.7 Å². The van der Waals surface area contributed by atoms with Crippen LogP contribution in [0.3, 0.4) is 0 Å². The second-order valence-corrected chi connectivity index (χ2v) is 12.3. The Morgan fingerprint density at radius 3 is 2.10 bits per heavy atom. The van der Waals surface area contributed by atoms with Crippen LogP contribution in [0.4, 0.5) is 5.69 Å². The molecule has 1 atom stereocenters. The molecule has 1 N–H and O–H groups in total. The Morgan fingerprint density at radius 2 is 1.45 bits per heavy atom.